The lowest BCUT2D eigenvalue weighted by Crippen LogP contribution is -2.07. The van der Waals surface area contributed by atoms with E-state index in [4.69, 9.17) is 0 Å². The highest BCUT2D eigenvalue weighted by Crippen LogP contribution is 2.27. The zero-order chi connectivity index (χ0) is 12.3. The van der Waals surface area contributed by atoms with Crippen molar-refractivity contribution in [1.82, 2.24) is 4.98 Å². The van der Waals surface area contributed by atoms with Crippen molar-refractivity contribution < 1.29 is 18.3 Å². The molecular formula is C9H7Br2F2NO2. The molecule has 0 saturated carbocycles. The SMILES string of the molecule is COC(=O)c1cc(CBr)c(C(F)F)nc1Br. The third-order valence-electron chi connectivity index (χ3n) is 1.84. The maximum absolute atomic E-state index is 12.6. The van der Waals surface area contributed by atoms with Crippen molar-refractivity contribution >= 4 is 37.8 Å². The first-order valence-electron chi connectivity index (χ1n) is 4.13. The maximum Gasteiger partial charge on any atom is 0.340 e. The highest BCUT2D eigenvalue weighted by atomic mass is 79.9. The van der Waals surface area contributed by atoms with Gasteiger partial charge in [0.05, 0.1) is 12.7 Å². The van der Waals surface area contributed by atoms with Crippen LogP contribution in [0.25, 0.3) is 0 Å². The fourth-order valence-corrected chi connectivity index (χ4v) is 2.01. The molecule has 0 aliphatic heterocycles. The Morgan fingerprint density at radius 3 is 2.69 bits per heavy atom. The molecular weight excluding hydrogens is 352 g/mol. The number of alkyl halides is 3. The first-order valence-corrected chi connectivity index (χ1v) is 6.04. The van der Waals surface area contributed by atoms with Crippen molar-refractivity contribution in [2.45, 2.75) is 11.8 Å². The van der Waals surface area contributed by atoms with Gasteiger partial charge in [-0.3, -0.25) is 0 Å². The fraction of sp³-hybridized carbons (Fsp3) is 0.333. The lowest BCUT2D eigenvalue weighted by atomic mass is 10.1. The number of aromatic nitrogens is 1. The molecule has 0 unspecified atom stereocenters. The van der Waals surface area contributed by atoms with Gasteiger partial charge in [0.15, 0.2) is 0 Å². The molecule has 0 saturated heterocycles. The van der Waals surface area contributed by atoms with E-state index in [0.29, 0.717) is 0 Å². The minimum absolute atomic E-state index is 0.0550. The minimum atomic E-state index is -2.68. The monoisotopic (exact) mass is 357 g/mol. The smallest absolute Gasteiger partial charge is 0.340 e. The van der Waals surface area contributed by atoms with Gasteiger partial charge in [0.1, 0.15) is 10.3 Å². The maximum atomic E-state index is 12.6. The lowest BCUT2D eigenvalue weighted by Gasteiger charge is -2.09. The Bertz CT molecular complexity index is 413. The summed E-state index contributed by atoms with van der Waals surface area (Å²) < 4.78 is 29.7. The Labute approximate surface area is 107 Å². The number of ether oxygens (including phenoxy) is 1. The van der Waals surface area contributed by atoms with E-state index in [1.165, 1.54) is 13.2 Å². The van der Waals surface area contributed by atoms with E-state index < -0.39 is 12.4 Å². The number of carbonyl (C=O) groups excluding carboxylic acids is 1. The summed E-state index contributed by atoms with van der Waals surface area (Å²) in [5, 5.41) is 0.191. The van der Waals surface area contributed by atoms with Crippen LogP contribution >= 0.6 is 31.9 Å². The van der Waals surface area contributed by atoms with Crippen molar-refractivity contribution in [1.29, 1.82) is 0 Å². The molecule has 3 nitrogen and oxygen atoms in total. The number of esters is 1. The number of hydrogen-bond acceptors (Lipinski definition) is 3. The number of pyridine rings is 1. The Morgan fingerprint density at radius 1 is 1.62 bits per heavy atom. The molecule has 1 heterocycles. The Hall–Kier alpha value is -0.560. The van der Waals surface area contributed by atoms with Gasteiger partial charge in [-0.25, -0.2) is 18.6 Å². The molecule has 88 valence electrons. The number of rotatable bonds is 3. The van der Waals surface area contributed by atoms with Gasteiger partial charge in [-0.1, -0.05) is 15.9 Å². The average Bonchev–Trinajstić information content (AvgIpc) is 2.27. The van der Waals surface area contributed by atoms with E-state index >= 15 is 0 Å². The number of nitrogens with zero attached hydrogens (tertiary/aromatic N) is 1. The van der Waals surface area contributed by atoms with E-state index in [9.17, 15) is 13.6 Å². The first-order chi connectivity index (χ1) is 7.51. The zero-order valence-corrected chi connectivity index (χ0v) is 11.3. The van der Waals surface area contributed by atoms with Gasteiger partial charge < -0.3 is 4.74 Å². The molecule has 0 fully saturated rings. The predicted molar refractivity (Wildman–Crippen MR) is 60.9 cm³/mol. The van der Waals surface area contributed by atoms with Crippen LogP contribution in [0.4, 0.5) is 8.78 Å². The van der Waals surface area contributed by atoms with Gasteiger partial charge in [0.25, 0.3) is 6.43 Å². The topological polar surface area (TPSA) is 39.2 Å². The van der Waals surface area contributed by atoms with Crippen LogP contribution in [0.5, 0.6) is 0 Å². The highest BCUT2D eigenvalue weighted by Gasteiger charge is 2.20. The first kappa shape index (κ1) is 13.5. The summed E-state index contributed by atoms with van der Waals surface area (Å²) in [7, 11) is 1.21. The lowest BCUT2D eigenvalue weighted by molar-refractivity contribution is 0.0598. The van der Waals surface area contributed by atoms with Crippen LogP contribution in [-0.4, -0.2) is 18.1 Å². The van der Waals surface area contributed by atoms with Gasteiger partial charge in [-0.2, -0.15) is 0 Å². The molecule has 0 aliphatic carbocycles. The van der Waals surface area contributed by atoms with Crippen LogP contribution in [-0.2, 0) is 10.1 Å². The van der Waals surface area contributed by atoms with Gasteiger partial charge in [-0.15, -0.1) is 0 Å². The third-order valence-corrected chi connectivity index (χ3v) is 3.05. The van der Waals surface area contributed by atoms with Crippen molar-refractivity contribution in [2.24, 2.45) is 0 Å². The van der Waals surface area contributed by atoms with Gasteiger partial charge in [-0.05, 0) is 27.6 Å². The highest BCUT2D eigenvalue weighted by molar-refractivity contribution is 9.10. The predicted octanol–water partition coefficient (Wildman–Crippen LogP) is 3.46. The quantitative estimate of drug-likeness (QED) is 0.472. The van der Waals surface area contributed by atoms with Crippen LogP contribution in [0.3, 0.4) is 0 Å². The van der Waals surface area contributed by atoms with Gasteiger partial charge >= 0.3 is 5.97 Å². The average molecular weight is 359 g/mol. The Balaban J connectivity index is 3.31. The largest absolute Gasteiger partial charge is 0.465 e. The van der Waals surface area contributed by atoms with Crippen LogP contribution in [0, 0.1) is 0 Å². The normalized spacial score (nSPS) is 10.6. The van der Waals surface area contributed by atoms with E-state index in [1.54, 1.807) is 0 Å². The standard InChI is InChI=1S/C9H7Br2F2NO2/c1-16-9(15)5-2-4(3-10)6(8(12)13)14-7(5)11/h2,8H,3H2,1H3. The number of carbonyl (C=O) groups is 1. The van der Waals surface area contributed by atoms with Gasteiger partial charge in [0.2, 0.25) is 0 Å². The van der Waals surface area contributed by atoms with Crippen molar-refractivity contribution in [3.05, 3.63) is 27.5 Å². The second-order valence-corrected chi connectivity index (χ2v) is 4.11. The molecule has 1 aromatic rings. The molecule has 0 aliphatic rings. The fourth-order valence-electron chi connectivity index (χ4n) is 1.09. The number of halogens is 4. The van der Waals surface area contributed by atoms with Crippen molar-refractivity contribution in [2.75, 3.05) is 7.11 Å². The van der Waals surface area contributed by atoms with E-state index in [-0.39, 0.29) is 26.8 Å². The van der Waals surface area contributed by atoms with Gasteiger partial charge in [0, 0.05) is 5.33 Å². The summed E-state index contributed by atoms with van der Waals surface area (Å²) in [5.41, 5.74) is 0.0383. The summed E-state index contributed by atoms with van der Waals surface area (Å²) in [6.07, 6.45) is -2.68. The summed E-state index contributed by atoms with van der Waals surface area (Å²) >= 11 is 6.03. The molecule has 0 amide bonds. The second-order valence-electron chi connectivity index (χ2n) is 2.80. The van der Waals surface area contributed by atoms with E-state index in [1.807, 2.05) is 0 Å². The summed E-state index contributed by atoms with van der Waals surface area (Å²) in [4.78, 5) is 14.9. The Kier molecular flexibility index (Phi) is 4.79. The molecule has 16 heavy (non-hydrogen) atoms. The molecule has 1 rings (SSSR count). The molecule has 1 aromatic heterocycles. The number of methoxy groups -OCH3 is 1. The molecule has 0 spiro atoms. The molecule has 7 heteroatoms. The van der Waals surface area contributed by atoms with Crippen molar-refractivity contribution in [3.63, 3.8) is 0 Å². The summed E-state index contributed by atoms with van der Waals surface area (Å²) in [6, 6.07) is 1.33. The minimum Gasteiger partial charge on any atom is -0.465 e. The van der Waals surface area contributed by atoms with Crippen LogP contribution in [0.1, 0.15) is 28.0 Å². The van der Waals surface area contributed by atoms with Crippen LogP contribution < -0.4 is 0 Å². The summed E-state index contributed by atoms with van der Waals surface area (Å²) in [6.45, 7) is 0. The van der Waals surface area contributed by atoms with E-state index in [2.05, 4.69) is 41.6 Å². The summed E-state index contributed by atoms with van der Waals surface area (Å²) in [5.74, 6) is -0.623. The molecule has 0 bridgehead atoms. The third kappa shape index (κ3) is 2.76. The number of hydrogen-bond donors (Lipinski definition) is 0. The van der Waals surface area contributed by atoms with Crippen LogP contribution in [0.2, 0.25) is 0 Å². The van der Waals surface area contributed by atoms with Crippen LogP contribution in [0.15, 0.2) is 10.7 Å². The zero-order valence-electron chi connectivity index (χ0n) is 8.14. The molecule has 0 N–H and O–H groups in total. The molecule has 0 radical (unpaired) electrons. The second kappa shape index (κ2) is 5.67. The molecule has 0 atom stereocenters. The van der Waals surface area contributed by atoms with E-state index in [0.717, 1.165) is 0 Å². The molecule has 0 aromatic carbocycles. The Morgan fingerprint density at radius 2 is 2.25 bits per heavy atom. The van der Waals surface area contributed by atoms with Crippen molar-refractivity contribution in [3.8, 4) is 0 Å².